The molecular weight excluding hydrogens is 378 g/mol. The van der Waals surface area contributed by atoms with Gasteiger partial charge in [0.15, 0.2) is 11.5 Å². The summed E-state index contributed by atoms with van der Waals surface area (Å²) in [4.78, 5) is 26.7. The first-order valence-electron chi connectivity index (χ1n) is 8.68. The fraction of sp³-hybridized carbons (Fsp3) is 0.333. The number of thioether (sulfide) groups is 1. The summed E-state index contributed by atoms with van der Waals surface area (Å²) < 4.78 is 16.1. The molecule has 0 unspecified atom stereocenters. The number of ether oxygens (including phenoxy) is 3. The monoisotopic (exact) mass is 403 g/mol. The lowest BCUT2D eigenvalue weighted by molar-refractivity contribution is -0.125. The molecule has 0 bridgehead atoms. The molecule has 0 spiro atoms. The van der Waals surface area contributed by atoms with Crippen LogP contribution in [0.3, 0.4) is 0 Å². The maximum atomic E-state index is 12.6. The Morgan fingerprint density at radius 3 is 2.32 bits per heavy atom. The fourth-order valence-corrected chi connectivity index (χ4v) is 3.45. The van der Waals surface area contributed by atoms with Crippen molar-refractivity contribution in [3.8, 4) is 11.5 Å². The van der Waals surface area contributed by atoms with E-state index in [4.69, 9.17) is 14.2 Å². The van der Waals surface area contributed by atoms with Crippen molar-refractivity contribution in [3.63, 3.8) is 0 Å². The molecule has 150 valence electrons. The second kappa shape index (κ2) is 10.0. The van der Waals surface area contributed by atoms with Crippen molar-refractivity contribution < 1.29 is 23.8 Å². The maximum absolute atomic E-state index is 12.6. The van der Waals surface area contributed by atoms with Gasteiger partial charge in [0.1, 0.15) is 6.61 Å². The minimum atomic E-state index is -0.436. The van der Waals surface area contributed by atoms with Crippen LogP contribution in [0.2, 0.25) is 0 Å². The van der Waals surface area contributed by atoms with Gasteiger partial charge < -0.3 is 19.1 Å². The summed E-state index contributed by atoms with van der Waals surface area (Å²) in [5.74, 6) is 1.01. The highest BCUT2D eigenvalue weighted by atomic mass is 32.2. The number of esters is 1. The molecule has 0 radical (unpaired) electrons. The van der Waals surface area contributed by atoms with E-state index < -0.39 is 5.97 Å². The van der Waals surface area contributed by atoms with Gasteiger partial charge in [-0.15, -0.1) is 11.8 Å². The summed E-state index contributed by atoms with van der Waals surface area (Å²) in [7, 11) is 6.54. The molecule has 0 saturated heterocycles. The number of carbonyl (C=O) groups is 2. The smallest absolute Gasteiger partial charge is 0.339 e. The average molecular weight is 404 g/mol. The van der Waals surface area contributed by atoms with Gasteiger partial charge in [0.2, 0.25) is 5.91 Å². The standard InChI is InChI=1S/C21H25NO5S/c1-14-10-17(25-4)18(26-5)11-15(14)12-27-21(24)16-8-6-7-9-19(16)28-13-20(23)22(2)3/h6-11H,12-13H2,1-5H3. The summed E-state index contributed by atoms with van der Waals surface area (Å²) in [6, 6.07) is 10.8. The summed E-state index contributed by atoms with van der Waals surface area (Å²) in [6.07, 6.45) is 0. The average Bonchev–Trinajstić information content (AvgIpc) is 2.70. The quantitative estimate of drug-likeness (QED) is 0.496. The van der Waals surface area contributed by atoms with Crippen LogP contribution in [0.5, 0.6) is 11.5 Å². The fourth-order valence-electron chi connectivity index (χ4n) is 2.43. The second-order valence-electron chi connectivity index (χ2n) is 6.28. The lowest BCUT2D eigenvalue weighted by Crippen LogP contribution is -2.23. The molecule has 0 saturated carbocycles. The Balaban J connectivity index is 2.11. The molecule has 0 aromatic heterocycles. The molecule has 7 heteroatoms. The van der Waals surface area contributed by atoms with Crippen molar-refractivity contribution >= 4 is 23.6 Å². The van der Waals surface area contributed by atoms with E-state index in [0.717, 1.165) is 11.1 Å². The SMILES string of the molecule is COc1cc(C)c(COC(=O)c2ccccc2SCC(=O)N(C)C)cc1OC. The Kier molecular flexibility index (Phi) is 7.75. The Hall–Kier alpha value is -2.67. The first kappa shape index (κ1) is 21.6. The highest BCUT2D eigenvalue weighted by Gasteiger charge is 2.16. The topological polar surface area (TPSA) is 65.1 Å². The molecule has 2 aromatic carbocycles. The molecule has 2 rings (SSSR count). The Morgan fingerprint density at radius 1 is 1.04 bits per heavy atom. The number of hydrogen-bond acceptors (Lipinski definition) is 6. The van der Waals surface area contributed by atoms with E-state index in [-0.39, 0.29) is 18.3 Å². The zero-order valence-electron chi connectivity index (χ0n) is 16.8. The van der Waals surface area contributed by atoms with Crippen molar-refractivity contribution in [3.05, 3.63) is 53.1 Å². The van der Waals surface area contributed by atoms with Crippen molar-refractivity contribution in [2.45, 2.75) is 18.4 Å². The van der Waals surface area contributed by atoms with Gasteiger partial charge in [0, 0.05) is 19.0 Å². The number of rotatable bonds is 8. The molecule has 0 heterocycles. The number of aryl methyl sites for hydroxylation is 1. The molecule has 0 N–H and O–H groups in total. The molecule has 0 fully saturated rings. The molecule has 0 aliphatic carbocycles. The Bertz CT molecular complexity index is 851. The van der Waals surface area contributed by atoms with Crippen LogP contribution in [0.15, 0.2) is 41.3 Å². The van der Waals surface area contributed by atoms with Crippen LogP contribution in [-0.2, 0) is 16.1 Å². The molecular formula is C21H25NO5S. The third kappa shape index (κ3) is 5.42. The number of carbonyl (C=O) groups excluding carboxylic acids is 2. The molecule has 0 atom stereocenters. The van der Waals surface area contributed by atoms with Gasteiger partial charge in [0.25, 0.3) is 0 Å². The third-order valence-electron chi connectivity index (χ3n) is 4.16. The van der Waals surface area contributed by atoms with Gasteiger partial charge in [-0.05, 0) is 42.3 Å². The highest BCUT2D eigenvalue weighted by Crippen LogP contribution is 2.31. The molecule has 0 aliphatic rings. The van der Waals surface area contributed by atoms with Gasteiger partial charge in [0.05, 0.1) is 25.5 Å². The summed E-state index contributed by atoms with van der Waals surface area (Å²) in [6.45, 7) is 2.03. The van der Waals surface area contributed by atoms with E-state index in [1.165, 1.54) is 16.7 Å². The molecule has 0 aliphatic heterocycles. The number of benzene rings is 2. The van der Waals surface area contributed by atoms with Crippen LogP contribution in [0, 0.1) is 6.92 Å². The van der Waals surface area contributed by atoms with Gasteiger partial charge in [-0.1, -0.05) is 12.1 Å². The first-order chi connectivity index (χ1) is 13.4. The zero-order valence-corrected chi connectivity index (χ0v) is 17.6. The maximum Gasteiger partial charge on any atom is 0.339 e. The van der Waals surface area contributed by atoms with Crippen LogP contribution in [-0.4, -0.2) is 50.8 Å². The summed E-state index contributed by atoms with van der Waals surface area (Å²) in [5, 5.41) is 0. The van der Waals surface area contributed by atoms with E-state index in [2.05, 4.69) is 0 Å². The largest absolute Gasteiger partial charge is 0.493 e. The van der Waals surface area contributed by atoms with Gasteiger partial charge >= 0.3 is 5.97 Å². The number of hydrogen-bond donors (Lipinski definition) is 0. The summed E-state index contributed by atoms with van der Waals surface area (Å²) >= 11 is 1.32. The number of amides is 1. The normalized spacial score (nSPS) is 10.3. The molecule has 6 nitrogen and oxygen atoms in total. The Morgan fingerprint density at radius 2 is 1.68 bits per heavy atom. The van der Waals surface area contributed by atoms with Crippen LogP contribution in [0.1, 0.15) is 21.5 Å². The van der Waals surface area contributed by atoms with E-state index in [1.54, 1.807) is 46.5 Å². The highest BCUT2D eigenvalue weighted by molar-refractivity contribution is 8.00. The predicted molar refractivity (Wildman–Crippen MR) is 109 cm³/mol. The minimum Gasteiger partial charge on any atom is -0.493 e. The van der Waals surface area contributed by atoms with Gasteiger partial charge in [-0.3, -0.25) is 4.79 Å². The lowest BCUT2D eigenvalue weighted by Gasteiger charge is -2.14. The van der Waals surface area contributed by atoms with Gasteiger partial charge in [-0.25, -0.2) is 4.79 Å². The first-order valence-corrected chi connectivity index (χ1v) is 9.66. The lowest BCUT2D eigenvalue weighted by atomic mass is 10.1. The number of nitrogens with zero attached hydrogens (tertiary/aromatic N) is 1. The van der Waals surface area contributed by atoms with E-state index in [9.17, 15) is 9.59 Å². The van der Waals surface area contributed by atoms with E-state index in [0.29, 0.717) is 22.0 Å². The van der Waals surface area contributed by atoms with Crippen molar-refractivity contribution in [2.75, 3.05) is 34.1 Å². The van der Waals surface area contributed by atoms with E-state index in [1.807, 2.05) is 25.1 Å². The van der Waals surface area contributed by atoms with E-state index >= 15 is 0 Å². The van der Waals surface area contributed by atoms with Crippen LogP contribution < -0.4 is 9.47 Å². The van der Waals surface area contributed by atoms with Crippen molar-refractivity contribution in [2.24, 2.45) is 0 Å². The summed E-state index contributed by atoms with van der Waals surface area (Å²) in [5.41, 5.74) is 2.21. The molecule has 1 amide bonds. The van der Waals surface area contributed by atoms with Crippen molar-refractivity contribution in [1.82, 2.24) is 4.90 Å². The van der Waals surface area contributed by atoms with Crippen LogP contribution >= 0.6 is 11.8 Å². The predicted octanol–water partition coefficient (Wildman–Crippen LogP) is 3.55. The molecule has 28 heavy (non-hydrogen) atoms. The molecule has 2 aromatic rings. The Labute approximate surface area is 169 Å². The minimum absolute atomic E-state index is 0.0193. The van der Waals surface area contributed by atoms with Gasteiger partial charge in [-0.2, -0.15) is 0 Å². The van der Waals surface area contributed by atoms with Crippen LogP contribution in [0.25, 0.3) is 0 Å². The third-order valence-corrected chi connectivity index (χ3v) is 5.22. The van der Waals surface area contributed by atoms with Crippen molar-refractivity contribution in [1.29, 1.82) is 0 Å². The number of methoxy groups -OCH3 is 2. The second-order valence-corrected chi connectivity index (χ2v) is 7.30. The van der Waals surface area contributed by atoms with Crippen LogP contribution in [0.4, 0.5) is 0 Å². The zero-order chi connectivity index (χ0) is 20.7.